The van der Waals surface area contributed by atoms with Gasteiger partial charge in [0.2, 0.25) is 5.91 Å². The van der Waals surface area contributed by atoms with Crippen molar-refractivity contribution >= 4 is 28.5 Å². The standard InChI is InChI=1S/C20H17FN2O2S/c1-2-25-18-6-4-3-5-15(18)9-12-19(24)23-20-22-17(13-26-20)14-7-10-16(21)11-8-14/h3-13H,2H2,1H3,(H,22,23,24)/b12-9+. The van der Waals surface area contributed by atoms with Crippen molar-refractivity contribution < 1.29 is 13.9 Å². The summed E-state index contributed by atoms with van der Waals surface area (Å²) in [5.41, 5.74) is 2.32. The Labute approximate surface area is 155 Å². The highest BCUT2D eigenvalue weighted by Crippen LogP contribution is 2.25. The minimum Gasteiger partial charge on any atom is -0.493 e. The Bertz CT molecular complexity index is 920. The number of rotatable bonds is 6. The zero-order chi connectivity index (χ0) is 18.4. The van der Waals surface area contributed by atoms with Crippen LogP contribution >= 0.6 is 11.3 Å². The Kier molecular flexibility index (Phi) is 5.76. The number of ether oxygens (including phenoxy) is 1. The topological polar surface area (TPSA) is 51.2 Å². The van der Waals surface area contributed by atoms with Gasteiger partial charge in [0.05, 0.1) is 12.3 Å². The van der Waals surface area contributed by atoms with Gasteiger partial charge in [-0.1, -0.05) is 18.2 Å². The molecule has 0 aliphatic rings. The number of para-hydroxylation sites is 1. The van der Waals surface area contributed by atoms with Crippen molar-refractivity contribution in [3.63, 3.8) is 0 Å². The van der Waals surface area contributed by atoms with Crippen LogP contribution in [-0.2, 0) is 4.79 Å². The van der Waals surface area contributed by atoms with E-state index >= 15 is 0 Å². The van der Waals surface area contributed by atoms with Crippen LogP contribution in [0.3, 0.4) is 0 Å². The van der Waals surface area contributed by atoms with Crippen LogP contribution in [-0.4, -0.2) is 17.5 Å². The van der Waals surface area contributed by atoms with Gasteiger partial charge in [-0.05, 0) is 43.3 Å². The van der Waals surface area contributed by atoms with Gasteiger partial charge in [0.25, 0.3) is 0 Å². The van der Waals surface area contributed by atoms with Crippen LogP contribution in [0, 0.1) is 5.82 Å². The predicted octanol–water partition coefficient (Wildman–Crippen LogP) is 5.00. The maximum absolute atomic E-state index is 13.0. The molecule has 0 atom stereocenters. The van der Waals surface area contributed by atoms with Crippen LogP contribution < -0.4 is 10.1 Å². The Morgan fingerprint density at radius 3 is 2.77 bits per heavy atom. The summed E-state index contributed by atoms with van der Waals surface area (Å²) in [4.78, 5) is 16.5. The van der Waals surface area contributed by atoms with Crippen LogP contribution in [0.5, 0.6) is 5.75 Å². The number of thiazole rings is 1. The molecule has 1 heterocycles. The van der Waals surface area contributed by atoms with E-state index in [0.717, 1.165) is 16.9 Å². The summed E-state index contributed by atoms with van der Waals surface area (Å²) in [6.45, 7) is 2.47. The molecule has 26 heavy (non-hydrogen) atoms. The second-order valence-electron chi connectivity index (χ2n) is 5.34. The molecule has 0 radical (unpaired) electrons. The average Bonchev–Trinajstić information content (AvgIpc) is 3.10. The lowest BCUT2D eigenvalue weighted by molar-refractivity contribution is -0.111. The minimum atomic E-state index is -0.296. The van der Waals surface area contributed by atoms with Gasteiger partial charge in [-0.2, -0.15) is 0 Å². The molecule has 0 saturated heterocycles. The Morgan fingerprint density at radius 1 is 1.23 bits per heavy atom. The number of hydrogen-bond donors (Lipinski definition) is 1. The molecule has 3 aromatic rings. The van der Waals surface area contributed by atoms with Gasteiger partial charge in [-0.15, -0.1) is 11.3 Å². The number of amides is 1. The summed E-state index contributed by atoms with van der Waals surface area (Å²) in [5, 5.41) is 5.03. The van der Waals surface area contributed by atoms with Crippen molar-refractivity contribution in [3.8, 4) is 17.0 Å². The highest BCUT2D eigenvalue weighted by molar-refractivity contribution is 7.14. The third-order valence-corrected chi connectivity index (χ3v) is 4.27. The lowest BCUT2D eigenvalue weighted by Gasteiger charge is -2.06. The van der Waals surface area contributed by atoms with Gasteiger partial charge in [0, 0.05) is 22.6 Å². The Hall–Kier alpha value is -2.99. The third-order valence-electron chi connectivity index (χ3n) is 3.51. The van der Waals surface area contributed by atoms with E-state index in [1.54, 1.807) is 18.2 Å². The molecular formula is C20H17FN2O2S. The van der Waals surface area contributed by atoms with Crippen LogP contribution in [0.25, 0.3) is 17.3 Å². The maximum atomic E-state index is 13.0. The number of nitrogens with one attached hydrogen (secondary N) is 1. The summed E-state index contributed by atoms with van der Waals surface area (Å²) in [7, 11) is 0. The highest BCUT2D eigenvalue weighted by atomic mass is 32.1. The Balaban J connectivity index is 1.66. The number of nitrogens with zero attached hydrogens (tertiary/aromatic N) is 1. The van der Waals surface area contributed by atoms with E-state index in [-0.39, 0.29) is 11.7 Å². The fourth-order valence-electron chi connectivity index (χ4n) is 2.30. The molecule has 3 rings (SSSR count). The van der Waals surface area contributed by atoms with E-state index in [2.05, 4.69) is 10.3 Å². The lowest BCUT2D eigenvalue weighted by Crippen LogP contribution is -2.07. The second kappa shape index (κ2) is 8.40. The summed E-state index contributed by atoms with van der Waals surface area (Å²) in [6.07, 6.45) is 3.14. The molecular weight excluding hydrogens is 351 g/mol. The maximum Gasteiger partial charge on any atom is 0.250 e. The SMILES string of the molecule is CCOc1ccccc1/C=C/C(=O)Nc1nc(-c2ccc(F)cc2)cs1. The average molecular weight is 368 g/mol. The van der Waals surface area contributed by atoms with Crippen molar-refractivity contribution in [1.29, 1.82) is 0 Å². The molecule has 132 valence electrons. The van der Waals surface area contributed by atoms with Gasteiger partial charge in [0.15, 0.2) is 5.13 Å². The van der Waals surface area contributed by atoms with Gasteiger partial charge >= 0.3 is 0 Å². The second-order valence-corrected chi connectivity index (χ2v) is 6.20. The smallest absolute Gasteiger partial charge is 0.250 e. The zero-order valence-corrected chi connectivity index (χ0v) is 14.9. The van der Waals surface area contributed by atoms with Crippen LogP contribution in [0.2, 0.25) is 0 Å². The number of anilines is 1. The van der Waals surface area contributed by atoms with Crippen LogP contribution in [0.4, 0.5) is 9.52 Å². The highest BCUT2D eigenvalue weighted by Gasteiger charge is 2.07. The van der Waals surface area contributed by atoms with E-state index in [9.17, 15) is 9.18 Å². The first kappa shape index (κ1) is 17.8. The van der Waals surface area contributed by atoms with Crippen molar-refractivity contribution in [2.75, 3.05) is 11.9 Å². The molecule has 0 bridgehead atoms. The first-order chi connectivity index (χ1) is 12.7. The van der Waals surface area contributed by atoms with E-state index in [0.29, 0.717) is 17.4 Å². The van der Waals surface area contributed by atoms with Crippen molar-refractivity contribution in [3.05, 3.63) is 71.4 Å². The third kappa shape index (κ3) is 4.55. The van der Waals surface area contributed by atoms with E-state index in [1.807, 2.05) is 36.6 Å². The molecule has 0 saturated carbocycles. The molecule has 1 amide bonds. The van der Waals surface area contributed by atoms with Gasteiger partial charge in [0.1, 0.15) is 11.6 Å². The molecule has 0 unspecified atom stereocenters. The number of halogens is 1. The zero-order valence-electron chi connectivity index (χ0n) is 14.1. The fourth-order valence-corrected chi connectivity index (χ4v) is 3.02. The molecule has 6 heteroatoms. The van der Waals surface area contributed by atoms with Crippen molar-refractivity contribution in [2.45, 2.75) is 6.92 Å². The predicted molar refractivity (Wildman–Crippen MR) is 103 cm³/mol. The molecule has 0 aliphatic heterocycles. The molecule has 4 nitrogen and oxygen atoms in total. The van der Waals surface area contributed by atoms with E-state index in [4.69, 9.17) is 4.74 Å². The van der Waals surface area contributed by atoms with Gasteiger partial charge < -0.3 is 4.74 Å². The summed E-state index contributed by atoms with van der Waals surface area (Å²) in [6, 6.07) is 13.6. The Morgan fingerprint density at radius 2 is 2.00 bits per heavy atom. The van der Waals surface area contributed by atoms with E-state index < -0.39 is 0 Å². The normalized spacial score (nSPS) is 10.8. The molecule has 0 fully saturated rings. The molecule has 2 aromatic carbocycles. The lowest BCUT2D eigenvalue weighted by atomic mass is 10.2. The largest absolute Gasteiger partial charge is 0.493 e. The molecule has 0 spiro atoms. The number of hydrogen-bond acceptors (Lipinski definition) is 4. The quantitative estimate of drug-likeness (QED) is 0.623. The first-order valence-electron chi connectivity index (χ1n) is 8.08. The molecule has 1 N–H and O–H groups in total. The van der Waals surface area contributed by atoms with Crippen LogP contribution in [0.1, 0.15) is 12.5 Å². The van der Waals surface area contributed by atoms with E-state index in [1.165, 1.54) is 29.5 Å². The van der Waals surface area contributed by atoms with Gasteiger partial charge in [-0.3, -0.25) is 10.1 Å². The van der Waals surface area contributed by atoms with Crippen LogP contribution in [0.15, 0.2) is 60.0 Å². The monoisotopic (exact) mass is 368 g/mol. The van der Waals surface area contributed by atoms with Gasteiger partial charge in [-0.25, -0.2) is 9.37 Å². The fraction of sp³-hybridized carbons (Fsp3) is 0.100. The number of carbonyl (C=O) groups excluding carboxylic acids is 1. The summed E-state index contributed by atoms with van der Waals surface area (Å²) >= 11 is 1.31. The number of carbonyl (C=O) groups is 1. The first-order valence-corrected chi connectivity index (χ1v) is 8.96. The number of aromatic nitrogens is 1. The van der Waals surface area contributed by atoms with Crippen molar-refractivity contribution in [2.24, 2.45) is 0 Å². The summed E-state index contributed by atoms with van der Waals surface area (Å²) in [5.74, 6) is 0.151. The minimum absolute atomic E-state index is 0.281. The summed E-state index contributed by atoms with van der Waals surface area (Å²) < 4.78 is 18.5. The van der Waals surface area contributed by atoms with Crippen molar-refractivity contribution in [1.82, 2.24) is 4.98 Å². The molecule has 0 aliphatic carbocycles. The molecule has 1 aromatic heterocycles. The number of benzene rings is 2.